The van der Waals surface area contributed by atoms with Crippen LogP contribution in [0, 0.1) is 10.1 Å². The Hall–Kier alpha value is -2.15. The van der Waals surface area contributed by atoms with Gasteiger partial charge in [0.25, 0.3) is 5.69 Å². The van der Waals surface area contributed by atoms with Crippen LogP contribution in [0.5, 0.6) is 0 Å². The second-order valence-electron chi connectivity index (χ2n) is 5.18. The number of benzene rings is 1. The average Bonchev–Trinajstić information content (AvgIpc) is 2.95. The van der Waals surface area contributed by atoms with Crippen molar-refractivity contribution in [3.05, 3.63) is 34.4 Å². The van der Waals surface area contributed by atoms with E-state index < -0.39 is 4.92 Å². The maximum atomic E-state index is 12.2. The van der Waals surface area contributed by atoms with Crippen LogP contribution in [0.4, 0.5) is 16.2 Å². The van der Waals surface area contributed by atoms with Gasteiger partial charge in [-0.3, -0.25) is 10.1 Å². The van der Waals surface area contributed by atoms with Crippen molar-refractivity contribution in [1.82, 2.24) is 9.80 Å². The summed E-state index contributed by atoms with van der Waals surface area (Å²) in [5, 5.41) is 13.4. The van der Waals surface area contributed by atoms with Crippen LogP contribution in [0.25, 0.3) is 0 Å². The SMILES string of the molecule is CCN1CC[C@@H](N(C)C(=O)Nc2cccc([N+](=O)[O-])c2)C1. The zero-order valence-corrected chi connectivity index (χ0v) is 12.3. The molecule has 1 aromatic rings. The van der Waals surface area contributed by atoms with E-state index in [4.69, 9.17) is 0 Å². The smallest absolute Gasteiger partial charge is 0.321 e. The number of non-ortho nitro benzene ring substituents is 1. The van der Waals surface area contributed by atoms with Crippen LogP contribution < -0.4 is 5.32 Å². The summed E-state index contributed by atoms with van der Waals surface area (Å²) in [5.74, 6) is 0. The molecule has 2 rings (SSSR count). The molecule has 7 heteroatoms. The van der Waals surface area contributed by atoms with Gasteiger partial charge in [0.05, 0.1) is 4.92 Å². The van der Waals surface area contributed by atoms with Crippen molar-refractivity contribution in [2.45, 2.75) is 19.4 Å². The molecule has 2 amide bonds. The van der Waals surface area contributed by atoms with E-state index in [1.165, 1.54) is 12.1 Å². The van der Waals surface area contributed by atoms with E-state index >= 15 is 0 Å². The standard InChI is InChI=1S/C14H20N4O3/c1-3-17-8-7-13(10-17)16(2)14(19)15-11-5-4-6-12(9-11)18(20)21/h4-6,9,13H,3,7-8,10H2,1-2H3,(H,15,19)/t13-/m1/s1. The highest BCUT2D eigenvalue weighted by Crippen LogP contribution is 2.19. The molecule has 0 aliphatic carbocycles. The molecule has 21 heavy (non-hydrogen) atoms. The number of likely N-dealkylation sites (tertiary alicyclic amines) is 1. The van der Waals surface area contributed by atoms with Crippen LogP contribution in [0.2, 0.25) is 0 Å². The lowest BCUT2D eigenvalue weighted by Crippen LogP contribution is -2.41. The first-order valence-corrected chi connectivity index (χ1v) is 7.02. The van der Waals surface area contributed by atoms with E-state index in [1.807, 2.05) is 0 Å². The molecular weight excluding hydrogens is 272 g/mol. The highest BCUT2D eigenvalue weighted by Gasteiger charge is 2.27. The molecule has 1 saturated heterocycles. The number of nitrogens with one attached hydrogen (secondary N) is 1. The van der Waals surface area contributed by atoms with Crippen molar-refractivity contribution in [1.29, 1.82) is 0 Å². The molecule has 1 heterocycles. The predicted molar refractivity (Wildman–Crippen MR) is 80.4 cm³/mol. The Bertz CT molecular complexity index is 535. The number of carbonyl (C=O) groups is 1. The van der Waals surface area contributed by atoms with Gasteiger partial charge in [0.2, 0.25) is 0 Å². The molecule has 1 atom stereocenters. The number of nitro benzene ring substituents is 1. The zero-order valence-electron chi connectivity index (χ0n) is 12.3. The fraction of sp³-hybridized carbons (Fsp3) is 0.500. The lowest BCUT2D eigenvalue weighted by Gasteiger charge is -2.25. The van der Waals surface area contributed by atoms with E-state index in [-0.39, 0.29) is 17.8 Å². The second kappa shape index (κ2) is 6.53. The van der Waals surface area contributed by atoms with Crippen molar-refractivity contribution < 1.29 is 9.72 Å². The van der Waals surface area contributed by atoms with Crippen LogP contribution >= 0.6 is 0 Å². The predicted octanol–water partition coefficient (Wildman–Crippen LogP) is 2.15. The number of carbonyl (C=O) groups excluding carboxylic acids is 1. The quantitative estimate of drug-likeness (QED) is 0.681. The van der Waals surface area contributed by atoms with E-state index in [1.54, 1.807) is 24.1 Å². The zero-order chi connectivity index (χ0) is 15.4. The molecule has 1 fully saturated rings. The minimum absolute atomic E-state index is 0.0338. The summed E-state index contributed by atoms with van der Waals surface area (Å²) in [6, 6.07) is 5.91. The number of hydrogen-bond donors (Lipinski definition) is 1. The number of nitro groups is 1. The van der Waals surface area contributed by atoms with Crippen molar-refractivity contribution in [2.24, 2.45) is 0 Å². The number of urea groups is 1. The van der Waals surface area contributed by atoms with Gasteiger partial charge in [-0.2, -0.15) is 0 Å². The van der Waals surface area contributed by atoms with Gasteiger partial charge in [0.15, 0.2) is 0 Å². The highest BCUT2D eigenvalue weighted by molar-refractivity contribution is 5.89. The van der Waals surface area contributed by atoms with Gasteiger partial charge >= 0.3 is 6.03 Å². The first-order valence-electron chi connectivity index (χ1n) is 7.02. The summed E-state index contributed by atoms with van der Waals surface area (Å²) in [5.41, 5.74) is 0.403. The molecule has 1 aliphatic heterocycles. The van der Waals surface area contributed by atoms with Gasteiger partial charge in [-0.05, 0) is 19.0 Å². The second-order valence-corrected chi connectivity index (χ2v) is 5.18. The summed E-state index contributed by atoms with van der Waals surface area (Å²) in [6.07, 6.45) is 0.951. The average molecular weight is 292 g/mol. The number of amides is 2. The first-order chi connectivity index (χ1) is 10.0. The monoisotopic (exact) mass is 292 g/mol. The maximum absolute atomic E-state index is 12.2. The van der Waals surface area contributed by atoms with Gasteiger partial charge in [0, 0.05) is 44.0 Å². The summed E-state index contributed by atoms with van der Waals surface area (Å²) in [7, 11) is 1.76. The molecule has 1 aliphatic rings. The molecular formula is C14H20N4O3. The molecule has 0 saturated carbocycles. The van der Waals surface area contributed by atoms with Crippen LogP contribution in [-0.2, 0) is 0 Å². The molecule has 114 valence electrons. The van der Waals surface area contributed by atoms with Crippen molar-refractivity contribution >= 4 is 17.4 Å². The highest BCUT2D eigenvalue weighted by atomic mass is 16.6. The van der Waals surface area contributed by atoms with E-state index in [0.717, 1.165) is 26.1 Å². The molecule has 7 nitrogen and oxygen atoms in total. The van der Waals surface area contributed by atoms with Crippen molar-refractivity contribution in [3.63, 3.8) is 0 Å². The lowest BCUT2D eigenvalue weighted by atomic mass is 10.2. The van der Waals surface area contributed by atoms with Gasteiger partial charge in [-0.25, -0.2) is 4.79 Å². The van der Waals surface area contributed by atoms with Crippen LogP contribution in [0.15, 0.2) is 24.3 Å². The topological polar surface area (TPSA) is 78.7 Å². The van der Waals surface area contributed by atoms with Crippen LogP contribution in [0.1, 0.15) is 13.3 Å². The Balaban J connectivity index is 1.98. The molecule has 0 bridgehead atoms. The molecule has 1 aromatic carbocycles. The number of rotatable bonds is 4. The van der Waals surface area contributed by atoms with Gasteiger partial charge in [0.1, 0.15) is 0 Å². The van der Waals surface area contributed by atoms with Gasteiger partial charge in [-0.1, -0.05) is 13.0 Å². The molecule has 1 N–H and O–H groups in total. The number of hydrogen-bond acceptors (Lipinski definition) is 4. The number of likely N-dealkylation sites (N-methyl/N-ethyl adjacent to an activating group) is 2. The van der Waals surface area contributed by atoms with E-state index in [0.29, 0.717) is 5.69 Å². The van der Waals surface area contributed by atoms with E-state index in [9.17, 15) is 14.9 Å². The molecule has 0 aromatic heterocycles. The fourth-order valence-corrected chi connectivity index (χ4v) is 2.49. The Labute approximate surface area is 123 Å². The Morgan fingerprint density at radius 1 is 1.57 bits per heavy atom. The Kier molecular flexibility index (Phi) is 4.74. The Morgan fingerprint density at radius 2 is 2.33 bits per heavy atom. The summed E-state index contributed by atoms with van der Waals surface area (Å²) >= 11 is 0. The molecule has 0 radical (unpaired) electrons. The van der Waals surface area contributed by atoms with Crippen LogP contribution in [0.3, 0.4) is 0 Å². The fourth-order valence-electron chi connectivity index (χ4n) is 2.49. The minimum Gasteiger partial charge on any atom is -0.323 e. The van der Waals surface area contributed by atoms with Crippen molar-refractivity contribution in [2.75, 3.05) is 32.0 Å². The Morgan fingerprint density at radius 3 is 2.95 bits per heavy atom. The number of nitrogens with zero attached hydrogens (tertiary/aromatic N) is 3. The lowest BCUT2D eigenvalue weighted by molar-refractivity contribution is -0.384. The largest absolute Gasteiger partial charge is 0.323 e. The normalized spacial score (nSPS) is 18.5. The number of anilines is 1. The third kappa shape index (κ3) is 3.69. The van der Waals surface area contributed by atoms with Crippen molar-refractivity contribution in [3.8, 4) is 0 Å². The first kappa shape index (κ1) is 15.2. The third-order valence-electron chi connectivity index (χ3n) is 3.87. The molecule has 0 spiro atoms. The minimum atomic E-state index is -0.477. The van der Waals surface area contributed by atoms with Gasteiger partial charge in [-0.15, -0.1) is 0 Å². The summed E-state index contributed by atoms with van der Waals surface area (Å²) < 4.78 is 0. The van der Waals surface area contributed by atoms with E-state index in [2.05, 4.69) is 17.1 Å². The molecule has 0 unspecified atom stereocenters. The summed E-state index contributed by atoms with van der Waals surface area (Å²) in [4.78, 5) is 26.4. The third-order valence-corrected chi connectivity index (χ3v) is 3.87. The maximum Gasteiger partial charge on any atom is 0.321 e. The summed E-state index contributed by atoms with van der Waals surface area (Å²) in [6.45, 7) is 4.95. The van der Waals surface area contributed by atoms with Crippen LogP contribution in [-0.4, -0.2) is 53.5 Å². The van der Waals surface area contributed by atoms with Gasteiger partial charge < -0.3 is 15.1 Å².